The van der Waals surface area contributed by atoms with Gasteiger partial charge in [-0.25, -0.2) is 4.79 Å². The van der Waals surface area contributed by atoms with Gasteiger partial charge in [0.2, 0.25) is 0 Å². The van der Waals surface area contributed by atoms with E-state index < -0.39 is 5.63 Å². The lowest BCUT2D eigenvalue weighted by Crippen LogP contribution is -2.23. The van der Waals surface area contributed by atoms with Crippen LogP contribution >= 0.6 is 0 Å². The van der Waals surface area contributed by atoms with Gasteiger partial charge in [0, 0.05) is 12.7 Å². The maximum atomic E-state index is 11.7. The molecule has 5 heteroatoms. The molecule has 1 saturated heterocycles. The predicted octanol–water partition coefficient (Wildman–Crippen LogP) is 2.00. The van der Waals surface area contributed by atoms with Crippen molar-refractivity contribution in [1.29, 1.82) is 0 Å². The van der Waals surface area contributed by atoms with Gasteiger partial charge >= 0.3 is 5.63 Å². The summed E-state index contributed by atoms with van der Waals surface area (Å²) in [4.78, 5) is 11.7. The highest BCUT2D eigenvalue weighted by Crippen LogP contribution is 2.20. The van der Waals surface area contributed by atoms with Crippen molar-refractivity contribution in [3.63, 3.8) is 0 Å². The van der Waals surface area contributed by atoms with Crippen molar-refractivity contribution < 1.29 is 18.6 Å². The molecule has 0 amide bonds. The SMILES string of the molecule is COc1cc(C)oc(=O)c1COC1CCCCO1. The van der Waals surface area contributed by atoms with Crippen LogP contribution < -0.4 is 10.4 Å². The zero-order valence-corrected chi connectivity index (χ0v) is 10.7. The number of methoxy groups -OCH3 is 1. The Hall–Kier alpha value is -1.33. The third kappa shape index (κ3) is 3.11. The molecule has 1 aliphatic rings. The van der Waals surface area contributed by atoms with Crippen LogP contribution in [0, 0.1) is 6.92 Å². The number of hydrogen-bond acceptors (Lipinski definition) is 5. The van der Waals surface area contributed by atoms with E-state index in [1.165, 1.54) is 7.11 Å². The van der Waals surface area contributed by atoms with Gasteiger partial charge in [0.05, 0.1) is 13.7 Å². The van der Waals surface area contributed by atoms with Gasteiger partial charge in [-0.15, -0.1) is 0 Å². The predicted molar refractivity (Wildman–Crippen MR) is 64.6 cm³/mol. The topological polar surface area (TPSA) is 57.9 Å². The molecular weight excluding hydrogens is 236 g/mol. The van der Waals surface area contributed by atoms with E-state index in [1.807, 2.05) is 0 Å². The van der Waals surface area contributed by atoms with Gasteiger partial charge in [-0.05, 0) is 26.2 Å². The first-order chi connectivity index (χ1) is 8.70. The van der Waals surface area contributed by atoms with Crippen molar-refractivity contribution in [1.82, 2.24) is 0 Å². The van der Waals surface area contributed by atoms with Gasteiger partial charge in [-0.1, -0.05) is 0 Å². The van der Waals surface area contributed by atoms with Crippen LogP contribution in [-0.4, -0.2) is 20.0 Å². The molecule has 1 fully saturated rings. The maximum absolute atomic E-state index is 11.7. The van der Waals surface area contributed by atoms with Crippen molar-refractivity contribution >= 4 is 0 Å². The lowest BCUT2D eigenvalue weighted by Gasteiger charge is -2.22. The van der Waals surface area contributed by atoms with Crippen LogP contribution in [0.3, 0.4) is 0 Å². The summed E-state index contributed by atoms with van der Waals surface area (Å²) in [7, 11) is 1.52. The first-order valence-electron chi connectivity index (χ1n) is 6.11. The number of aryl methyl sites for hydroxylation is 1. The molecule has 0 bridgehead atoms. The summed E-state index contributed by atoms with van der Waals surface area (Å²) in [6.45, 7) is 2.57. The molecule has 100 valence electrons. The van der Waals surface area contributed by atoms with Gasteiger partial charge in [0.25, 0.3) is 0 Å². The molecule has 2 rings (SSSR count). The Labute approximate surface area is 106 Å². The summed E-state index contributed by atoms with van der Waals surface area (Å²) in [5.74, 6) is 1.02. The molecule has 2 heterocycles. The van der Waals surface area contributed by atoms with E-state index in [-0.39, 0.29) is 12.9 Å². The quantitative estimate of drug-likeness (QED) is 0.822. The minimum atomic E-state index is -0.414. The highest BCUT2D eigenvalue weighted by Gasteiger charge is 2.17. The zero-order chi connectivity index (χ0) is 13.0. The van der Waals surface area contributed by atoms with Crippen molar-refractivity contribution in [3.05, 3.63) is 27.8 Å². The lowest BCUT2D eigenvalue weighted by atomic mass is 10.2. The average molecular weight is 254 g/mol. The van der Waals surface area contributed by atoms with E-state index in [9.17, 15) is 4.79 Å². The van der Waals surface area contributed by atoms with Crippen LogP contribution in [-0.2, 0) is 16.1 Å². The fraction of sp³-hybridized carbons (Fsp3) is 0.615. The standard InChI is InChI=1S/C13H18O5/c1-9-7-11(15-2)10(13(14)18-9)8-17-12-5-3-4-6-16-12/h7,12H,3-6,8H2,1-2H3. The molecule has 0 aliphatic carbocycles. The van der Waals surface area contributed by atoms with Crippen LogP contribution in [0.5, 0.6) is 5.75 Å². The monoisotopic (exact) mass is 254 g/mol. The van der Waals surface area contributed by atoms with E-state index >= 15 is 0 Å². The molecule has 0 spiro atoms. The summed E-state index contributed by atoms with van der Waals surface area (Å²) < 4.78 is 21.2. The molecule has 0 N–H and O–H groups in total. The third-order valence-electron chi connectivity index (χ3n) is 2.90. The van der Waals surface area contributed by atoms with Crippen LogP contribution in [0.4, 0.5) is 0 Å². The second-order valence-corrected chi connectivity index (χ2v) is 4.30. The highest BCUT2D eigenvalue weighted by molar-refractivity contribution is 5.30. The highest BCUT2D eigenvalue weighted by atomic mass is 16.7. The van der Waals surface area contributed by atoms with Crippen molar-refractivity contribution in [3.8, 4) is 5.75 Å². The van der Waals surface area contributed by atoms with Crippen LogP contribution in [0.25, 0.3) is 0 Å². The van der Waals surface area contributed by atoms with Crippen molar-refractivity contribution in [2.75, 3.05) is 13.7 Å². The average Bonchev–Trinajstić information content (AvgIpc) is 2.38. The molecule has 18 heavy (non-hydrogen) atoms. The summed E-state index contributed by atoms with van der Waals surface area (Å²) in [5, 5.41) is 0. The fourth-order valence-electron chi connectivity index (χ4n) is 1.94. The van der Waals surface area contributed by atoms with Gasteiger partial charge in [0.15, 0.2) is 6.29 Å². The molecule has 0 radical (unpaired) electrons. The van der Waals surface area contributed by atoms with E-state index in [4.69, 9.17) is 18.6 Å². The Kier molecular flexibility index (Phi) is 4.38. The smallest absolute Gasteiger partial charge is 0.345 e. The molecule has 1 atom stereocenters. The summed E-state index contributed by atoms with van der Waals surface area (Å²) in [6, 6.07) is 1.68. The summed E-state index contributed by atoms with van der Waals surface area (Å²) in [6.07, 6.45) is 2.78. The van der Waals surface area contributed by atoms with E-state index in [0.29, 0.717) is 23.7 Å². The van der Waals surface area contributed by atoms with E-state index in [0.717, 1.165) is 19.3 Å². The molecule has 1 unspecified atom stereocenters. The minimum Gasteiger partial charge on any atom is -0.496 e. The molecule has 1 aliphatic heterocycles. The second-order valence-electron chi connectivity index (χ2n) is 4.30. The normalized spacial score (nSPS) is 19.8. The summed E-state index contributed by atoms with van der Waals surface area (Å²) in [5.41, 5.74) is -0.0140. The van der Waals surface area contributed by atoms with Crippen LogP contribution in [0.1, 0.15) is 30.6 Å². The van der Waals surface area contributed by atoms with Crippen molar-refractivity contribution in [2.45, 2.75) is 39.1 Å². The molecule has 1 aromatic rings. The Bertz CT molecular complexity index is 445. The van der Waals surface area contributed by atoms with Crippen molar-refractivity contribution in [2.24, 2.45) is 0 Å². The largest absolute Gasteiger partial charge is 0.496 e. The second kappa shape index (κ2) is 6.02. The lowest BCUT2D eigenvalue weighted by molar-refractivity contribution is -0.169. The third-order valence-corrected chi connectivity index (χ3v) is 2.90. The first-order valence-corrected chi connectivity index (χ1v) is 6.11. The van der Waals surface area contributed by atoms with Crippen LogP contribution in [0.2, 0.25) is 0 Å². The number of hydrogen-bond donors (Lipinski definition) is 0. The molecule has 0 aromatic carbocycles. The molecule has 5 nitrogen and oxygen atoms in total. The fourth-order valence-corrected chi connectivity index (χ4v) is 1.94. The Morgan fingerprint density at radius 1 is 1.44 bits per heavy atom. The Balaban J connectivity index is 2.06. The first kappa shape index (κ1) is 13.1. The van der Waals surface area contributed by atoms with Gasteiger partial charge in [-0.2, -0.15) is 0 Å². The van der Waals surface area contributed by atoms with E-state index in [2.05, 4.69) is 0 Å². The number of rotatable bonds is 4. The Morgan fingerprint density at radius 3 is 2.94 bits per heavy atom. The Morgan fingerprint density at radius 2 is 2.28 bits per heavy atom. The molecular formula is C13H18O5. The summed E-state index contributed by atoms with van der Waals surface area (Å²) >= 11 is 0. The number of ether oxygens (including phenoxy) is 3. The van der Waals surface area contributed by atoms with E-state index in [1.54, 1.807) is 13.0 Å². The van der Waals surface area contributed by atoms with Crippen LogP contribution in [0.15, 0.2) is 15.3 Å². The zero-order valence-electron chi connectivity index (χ0n) is 10.7. The van der Waals surface area contributed by atoms with Gasteiger partial charge in [0.1, 0.15) is 17.1 Å². The molecule has 0 saturated carbocycles. The van der Waals surface area contributed by atoms with Gasteiger partial charge < -0.3 is 18.6 Å². The minimum absolute atomic E-state index is 0.149. The maximum Gasteiger partial charge on any atom is 0.345 e. The molecule has 1 aromatic heterocycles. The van der Waals surface area contributed by atoms with Gasteiger partial charge in [-0.3, -0.25) is 0 Å².